The fourth-order valence-electron chi connectivity index (χ4n) is 1.51. The van der Waals surface area contributed by atoms with Crippen molar-refractivity contribution >= 4 is 16.2 Å². The van der Waals surface area contributed by atoms with E-state index in [1.54, 1.807) is 36.4 Å². The van der Waals surface area contributed by atoms with Crippen LogP contribution in [0.1, 0.15) is 5.56 Å². The Balaban J connectivity index is 1.98. The van der Waals surface area contributed by atoms with Crippen LogP contribution in [0.3, 0.4) is 0 Å². The Bertz CT molecular complexity index is 687. The summed E-state index contributed by atoms with van der Waals surface area (Å²) < 4.78 is 28.2. The first-order valence-corrected chi connectivity index (χ1v) is 7.52. The van der Waals surface area contributed by atoms with E-state index in [9.17, 15) is 8.42 Å². The molecule has 0 unspecified atom stereocenters. The third kappa shape index (κ3) is 4.74. The molecule has 0 saturated carbocycles. The molecule has 0 aliphatic carbocycles. The van der Waals surface area contributed by atoms with Crippen molar-refractivity contribution in [3.63, 3.8) is 0 Å². The topological polar surface area (TPSA) is 43.4 Å². The highest BCUT2D eigenvalue weighted by molar-refractivity contribution is 7.90. The molecule has 2 aromatic carbocycles. The second kappa shape index (κ2) is 6.73. The first-order chi connectivity index (χ1) is 9.66. The summed E-state index contributed by atoms with van der Waals surface area (Å²) in [4.78, 5) is 0. The van der Waals surface area contributed by atoms with Crippen LogP contribution in [0, 0.1) is 0 Å². The number of allylic oxidation sites excluding steroid dienone is 2. The van der Waals surface area contributed by atoms with Crippen LogP contribution < -0.4 is 4.18 Å². The van der Waals surface area contributed by atoms with Crippen LogP contribution in [0.15, 0.2) is 78.2 Å². The second-order valence-electron chi connectivity index (χ2n) is 3.99. The lowest BCUT2D eigenvalue weighted by Gasteiger charge is -2.01. The van der Waals surface area contributed by atoms with Gasteiger partial charge in [-0.25, -0.2) is 0 Å². The molecule has 0 heterocycles. The van der Waals surface area contributed by atoms with E-state index >= 15 is 0 Å². The molecule has 0 aliphatic rings. The Morgan fingerprint density at radius 1 is 0.800 bits per heavy atom. The van der Waals surface area contributed by atoms with Gasteiger partial charge in [0, 0.05) is 0 Å². The van der Waals surface area contributed by atoms with E-state index in [2.05, 4.69) is 0 Å². The minimum atomic E-state index is -3.72. The molecule has 102 valence electrons. The van der Waals surface area contributed by atoms with E-state index in [1.807, 2.05) is 36.4 Å². The SMILES string of the molecule is O=S(=O)(C=CC=Cc1ccccc1)Oc1ccccc1. The number of rotatable bonds is 5. The zero-order valence-electron chi connectivity index (χ0n) is 10.7. The molecule has 0 N–H and O–H groups in total. The lowest BCUT2D eigenvalue weighted by atomic mass is 10.2. The standard InChI is InChI=1S/C16H14O3S/c17-20(18,19-16-12-5-2-6-13-16)14-8-7-11-15-9-3-1-4-10-15/h1-14H. The molecule has 2 aromatic rings. The normalized spacial score (nSPS) is 12.0. The summed E-state index contributed by atoms with van der Waals surface area (Å²) in [6.45, 7) is 0. The third-order valence-electron chi connectivity index (χ3n) is 2.40. The summed E-state index contributed by atoms with van der Waals surface area (Å²) in [6.07, 6.45) is 4.90. The van der Waals surface area contributed by atoms with Gasteiger partial charge in [-0.3, -0.25) is 0 Å². The third-order valence-corrected chi connectivity index (χ3v) is 3.32. The van der Waals surface area contributed by atoms with Crippen molar-refractivity contribution in [3.05, 3.63) is 83.8 Å². The highest BCUT2D eigenvalue weighted by Crippen LogP contribution is 2.12. The molecular weight excluding hydrogens is 272 g/mol. The molecule has 20 heavy (non-hydrogen) atoms. The van der Waals surface area contributed by atoms with Gasteiger partial charge in [0.15, 0.2) is 0 Å². The first kappa shape index (κ1) is 14.1. The summed E-state index contributed by atoms with van der Waals surface area (Å²) in [5, 5.41) is 1.03. The van der Waals surface area contributed by atoms with Crippen molar-refractivity contribution in [1.82, 2.24) is 0 Å². The minimum Gasteiger partial charge on any atom is -0.379 e. The van der Waals surface area contributed by atoms with Gasteiger partial charge in [-0.05, 0) is 23.8 Å². The molecule has 0 radical (unpaired) electrons. The zero-order chi connectivity index (χ0) is 14.3. The Labute approximate surface area is 119 Å². The molecule has 0 bridgehead atoms. The van der Waals surface area contributed by atoms with Crippen LogP contribution in [-0.4, -0.2) is 8.42 Å². The zero-order valence-corrected chi connectivity index (χ0v) is 11.5. The van der Waals surface area contributed by atoms with E-state index < -0.39 is 10.1 Å². The summed E-state index contributed by atoms with van der Waals surface area (Å²) in [5.74, 6) is 0.296. The molecule has 0 saturated heterocycles. The lowest BCUT2D eigenvalue weighted by molar-refractivity contribution is 0.496. The summed E-state index contributed by atoms with van der Waals surface area (Å²) in [7, 11) is -3.72. The molecule has 0 atom stereocenters. The second-order valence-corrected chi connectivity index (χ2v) is 5.41. The summed E-state index contributed by atoms with van der Waals surface area (Å²) >= 11 is 0. The van der Waals surface area contributed by atoms with Crippen LogP contribution in [0.5, 0.6) is 5.75 Å². The molecule has 2 rings (SSSR count). The van der Waals surface area contributed by atoms with Gasteiger partial charge in [0.05, 0.1) is 5.41 Å². The van der Waals surface area contributed by atoms with Crippen LogP contribution >= 0.6 is 0 Å². The highest BCUT2D eigenvalue weighted by atomic mass is 32.2. The Kier molecular flexibility index (Phi) is 4.74. The van der Waals surface area contributed by atoms with Crippen molar-refractivity contribution < 1.29 is 12.6 Å². The average molecular weight is 286 g/mol. The predicted octanol–water partition coefficient (Wildman–Crippen LogP) is 3.62. The molecular formula is C16H14O3S. The number of para-hydroxylation sites is 1. The maximum Gasteiger partial charge on any atom is 0.332 e. The molecule has 0 spiro atoms. The van der Waals surface area contributed by atoms with Crippen molar-refractivity contribution in [2.75, 3.05) is 0 Å². The fraction of sp³-hybridized carbons (Fsp3) is 0. The quantitative estimate of drug-likeness (QED) is 0.623. The van der Waals surface area contributed by atoms with Crippen LogP contribution in [-0.2, 0) is 10.1 Å². The fourth-order valence-corrected chi connectivity index (χ4v) is 2.23. The van der Waals surface area contributed by atoms with Gasteiger partial charge in [0.1, 0.15) is 5.75 Å². The van der Waals surface area contributed by atoms with Crippen molar-refractivity contribution in [3.8, 4) is 5.75 Å². The Hall–Kier alpha value is -2.33. The molecule has 0 amide bonds. The lowest BCUT2D eigenvalue weighted by Crippen LogP contribution is -2.04. The number of benzene rings is 2. The monoisotopic (exact) mass is 286 g/mol. The van der Waals surface area contributed by atoms with Gasteiger partial charge >= 0.3 is 10.1 Å². The largest absolute Gasteiger partial charge is 0.379 e. The van der Waals surface area contributed by atoms with Crippen LogP contribution in [0.4, 0.5) is 0 Å². The summed E-state index contributed by atoms with van der Waals surface area (Å²) in [6, 6.07) is 18.0. The van der Waals surface area contributed by atoms with Crippen LogP contribution in [0.2, 0.25) is 0 Å². The highest BCUT2D eigenvalue weighted by Gasteiger charge is 2.06. The van der Waals surface area contributed by atoms with Crippen molar-refractivity contribution in [2.24, 2.45) is 0 Å². The molecule has 0 aromatic heterocycles. The summed E-state index contributed by atoms with van der Waals surface area (Å²) in [5.41, 5.74) is 0.999. The van der Waals surface area contributed by atoms with Crippen molar-refractivity contribution in [1.29, 1.82) is 0 Å². The van der Waals surface area contributed by atoms with E-state index in [0.717, 1.165) is 11.0 Å². The molecule has 0 fully saturated rings. The van der Waals surface area contributed by atoms with Crippen molar-refractivity contribution in [2.45, 2.75) is 0 Å². The van der Waals surface area contributed by atoms with Gasteiger partial charge in [0.2, 0.25) is 0 Å². The average Bonchev–Trinajstić information content (AvgIpc) is 2.45. The maximum atomic E-state index is 11.7. The maximum absolute atomic E-state index is 11.7. The van der Waals surface area contributed by atoms with Gasteiger partial charge < -0.3 is 4.18 Å². The minimum absolute atomic E-state index is 0.296. The van der Waals surface area contributed by atoms with Gasteiger partial charge in [-0.2, -0.15) is 8.42 Å². The molecule has 3 nitrogen and oxygen atoms in total. The number of hydrogen-bond acceptors (Lipinski definition) is 3. The molecule has 0 aliphatic heterocycles. The Morgan fingerprint density at radius 2 is 1.40 bits per heavy atom. The van der Waals surface area contributed by atoms with Gasteiger partial charge in [0.25, 0.3) is 0 Å². The smallest absolute Gasteiger partial charge is 0.332 e. The predicted molar refractivity (Wildman–Crippen MR) is 80.6 cm³/mol. The van der Waals surface area contributed by atoms with Gasteiger partial charge in [-0.15, -0.1) is 0 Å². The van der Waals surface area contributed by atoms with E-state index in [0.29, 0.717) is 5.75 Å². The van der Waals surface area contributed by atoms with Crippen LogP contribution in [0.25, 0.3) is 6.08 Å². The van der Waals surface area contributed by atoms with E-state index in [-0.39, 0.29) is 0 Å². The van der Waals surface area contributed by atoms with E-state index in [4.69, 9.17) is 4.18 Å². The number of hydrogen-bond donors (Lipinski definition) is 0. The van der Waals surface area contributed by atoms with E-state index in [1.165, 1.54) is 6.08 Å². The van der Waals surface area contributed by atoms with Gasteiger partial charge in [-0.1, -0.05) is 60.7 Å². The first-order valence-electron chi connectivity index (χ1n) is 6.05. The molecule has 4 heteroatoms. The Morgan fingerprint density at radius 3 is 2.05 bits per heavy atom.